The number of carbonyl (C=O) groups is 2. The summed E-state index contributed by atoms with van der Waals surface area (Å²) >= 11 is 6.99. The van der Waals surface area contributed by atoms with E-state index in [-0.39, 0.29) is 11.8 Å². The molecule has 1 aromatic carbocycles. The van der Waals surface area contributed by atoms with Crippen molar-refractivity contribution in [2.75, 3.05) is 11.9 Å². The minimum absolute atomic E-state index is 0.119. The van der Waals surface area contributed by atoms with Crippen molar-refractivity contribution in [1.82, 2.24) is 10.3 Å². The zero-order valence-corrected chi connectivity index (χ0v) is 12.6. The minimum Gasteiger partial charge on any atom is -0.351 e. The quantitative estimate of drug-likeness (QED) is 0.893. The highest BCUT2D eigenvalue weighted by Crippen LogP contribution is 2.26. The van der Waals surface area contributed by atoms with E-state index >= 15 is 0 Å². The highest BCUT2D eigenvalue weighted by Gasteiger charge is 2.21. The number of benzene rings is 1. The van der Waals surface area contributed by atoms with Gasteiger partial charge in [0.2, 0.25) is 0 Å². The molecule has 0 saturated heterocycles. The van der Waals surface area contributed by atoms with Crippen molar-refractivity contribution in [3.05, 3.63) is 45.4 Å². The number of fused-ring (bicyclic) bond motifs is 1. The smallest absolute Gasteiger partial charge is 0.263 e. The second-order valence-electron chi connectivity index (χ2n) is 4.62. The Labute approximate surface area is 130 Å². The highest BCUT2D eigenvalue weighted by atomic mass is 35.5. The second-order valence-corrected chi connectivity index (χ2v) is 6.05. The van der Waals surface area contributed by atoms with E-state index in [1.54, 1.807) is 24.3 Å². The van der Waals surface area contributed by atoms with Crippen LogP contribution in [0.2, 0.25) is 5.02 Å². The monoisotopic (exact) mass is 321 g/mol. The topological polar surface area (TPSA) is 71.1 Å². The Morgan fingerprint density at radius 2 is 2.10 bits per heavy atom. The molecular formula is C14H12ClN3O2S. The predicted molar refractivity (Wildman–Crippen MR) is 82.2 cm³/mol. The molecule has 0 radical (unpaired) electrons. The van der Waals surface area contributed by atoms with E-state index in [1.807, 2.05) is 0 Å². The maximum atomic E-state index is 12.1. The van der Waals surface area contributed by atoms with E-state index in [0.717, 1.165) is 18.5 Å². The standard InChI is InChI=1S/C14H12ClN3O2S/c15-9-5-3-8(4-6-9)12(19)18-14-17-10-2-1-7-16-13(20)11(10)21-14/h3-6H,1-2,7H2,(H,16,20)(H,17,18,19). The summed E-state index contributed by atoms with van der Waals surface area (Å²) < 4.78 is 0. The number of nitrogens with zero attached hydrogens (tertiary/aromatic N) is 1. The van der Waals surface area contributed by atoms with Crippen molar-refractivity contribution in [2.24, 2.45) is 0 Å². The van der Waals surface area contributed by atoms with Crippen LogP contribution in [0.1, 0.15) is 32.1 Å². The van der Waals surface area contributed by atoms with Gasteiger partial charge in [0.05, 0.1) is 5.69 Å². The zero-order valence-electron chi connectivity index (χ0n) is 11.0. The molecule has 2 amide bonds. The van der Waals surface area contributed by atoms with Crippen molar-refractivity contribution in [3.8, 4) is 0 Å². The van der Waals surface area contributed by atoms with Gasteiger partial charge in [-0.05, 0) is 37.1 Å². The lowest BCUT2D eigenvalue weighted by atomic mass is 10.2. The molecule has 0 fully saturated rings. The van der Waals surface area contributed by atoms with E-state index in [9.17, 15) is 9.59 Å². The third-order valence-electron chi connectivity index (χ3n) is 3.11. The van der Waals surface area contributed by atoms with Crippen molar-refractivity contribution >= 4 is 39.9 Å². The third kappa shape index (κ3) is 3.06. The van der Waals surface area contributed by atoms with Gasteiger partial charge >= 0.3 is 0 Å². The van der Waals surface area contributed by atoms with Gasteiger partial charge in [0, 0.05) is 17.1 Å². The van der Waals surface area contributed by atoms with Crippen LogP contribution < -0.4 is 10.6 Å². The summed E-state index contributed by atoms with van der Waals surface area (Å²) in [6, 6.07) is 6.59. The lowest BCUT2D eigenvalue weighted by Gasteiger charge is -2.02. The Hall–Kier alpha value is -1.92. The van der Waals surface area contributed by atoms with Gasteiger partial charge < -0.3 is 5.32 Å². The van der Waals surface area contributed by atoms with Crippen LogP contribution in [0.4, 0.5) is 5.13 Å². The molecule has 0 spiro atoms. The Kier molecular flexibility index (Phi) is 3.90. The summed E-state index contributed by atoms with van der Waals surface area (Å²) in [5.41, 5.74) is 1.25. The molecule has 7 heteroatoms. The van der Waals surface area contributed by atoms with E-state index in [4.69, 9.17) is 11.6 Å². The van der Waals surface area contributed by atoms with Crippen LogP contribution in [0.5, 0.6) is 0 Å². The van der Waals surface area contributed by atoms with Crippen molar-refractivity contribution in [2.45, 2.75) is 12.8 Å². The third-order valence-corrected chi connectivity index (χ3v) is 4.37. The Morgan fingerprint density at radius 3 is 2.86 bits per heavy atom. The van der Waals surface area contributed by atoms with Crippen molar-refractivity contribution in [3.63, 3.8) is 0 Å². The molecule has 2 aromatic rings. The molecule has 2 heterocycles. The Balaban J connectivity index is 1.79. The first-order chi connectivity index (χ1) is 10.1. The minimum atomic E-state index is -0.268. The number of amides is 2. The maximum Gasteiger partial charge on any atom is 0.263 e. The Morgan fingerprint density at radius 1 is 1.33 bits per heavy atom. The van der Waals surface area contributed by atoms with Crippen LogP contribution in [0.25, 0.3) is 0 Å². The molecule has 0 atom stereocenters. The van der Waals surface area contributed by atoms with Gasteiger partial charge in [-0.3, -0.25) is 14.9 Å². The fraction of sp³-hybridized carbons (Fsp3) is 0.214. The van der Waals surface area contributed by atoms with Crippen molar-refractivity contribution in [1.29, 1.82) is 0 Å². The molecule has 3 rings (SSSR count). The van der Waals surface area contributed by atoms with Gasteiger partial charge in [-0.1, -0.05) is 22.9 Å². The summed E-state index contributed by atoms with van der Waals surface area (Å²) in [7, 11) is 0. The number of thiazole rings is 1. The number of hydrogen-bond acceptors (Lipinski definition) is 4. The van der Waals surface area contributed by atoms with E-state index < -0.39 is 0 Å². The molecule has 1 aliphatic rings. The molecule has 21 heavy (non-hydrogen) atoms. The number of nitrogens with one attached hydrogen (secondary N) is 2. The lowest BCUT2D eigenvalue weighted by molar-refractivity contribution is 0.0958. The summed E-state index contributed by atoms with van der Waals surface area (Å²) in [6.07, 6.45) is 1.59. The SMILES string of the molecule is O=C(Nc1nc2c(s1)C(=O)NCCC2)c1ccc(Cl)cc1. The summed E-state index contributed by atoms with van der Waals surface area (Å²) in [5, 5.41) is 6.55. The molecule has 1 aliphatic heterocycles. The maximum absolute atomic E-state index is 12.1. The highest BCUT2D eigenvalue weighted by molar-refractivity contribution is 7.17. The average molecular weight is 322 g/mol. The first-order valence-corrected chi connectivity index (χ1v) is 7.68. The predicted octanol–water partition coefficient (Wildman–Crippen LogP) is 2.72. The number of anilines is 1. The molecule has 2 N–H and O–H groups in total. The van der Waals surface area contributed by atoms with Crippen LogP contribution in [0.15, 0.2) is 24.3 Å². The number of rotatable bonds is 2. The zero-order chi connectivity index (χ0) is 14.8. The van der Waals surface area contributed by atoms with Crippen LogP contribution in [0.3, 0.4) is 0 Å². The van der Waals surface area contributed by atoms with Gasteiger partial charge in [-0.2, -0.15) is 0 Å². The van der Waals surface area contributed by atoms with E-state index in [1.165, 1.54) is 11.3 Å². The fourth-order valence-electron chi connectivity index (χ4n) is 2.06. The summed E-state index contributed by atoms with van der Waals surface area (Å²) in [5.74, 6) is -0.386. The van der Waals surface area contributed by atoms with E-state index in [2.05, 4.69) is 15.6 Å². The molecule has 1 aromatic heterocycles. The number of halogens is 1. The molecule has 0 bridgehead atoms. The molecular weight excluding hydrogens is 310 g/mol. The van der Waals surface area contributed by atoms with Gasteiger partial charge in [0.15, 0.2) is 5.13 Å². The van der Waals surface area contributed by atoms with Gasteiger partial charge in [0.1, 0.15) is 4.88 Å². The second kappa shape index (κ2) is 5.83. The largest absolute Gasteiger partial charge is 0.351 e. The van der Waals surface area contributed by atoms with Gasteiger partial charge in [0.25, 0.3) is 11.8 Å². The van der Waals surface area contributed by atoms with Crippen LogP contribution in [0, 0.1) is 0 Å². The van der Waals surface area contributed by atoms with Crippen LogP contribution in [-0.4, -0.2) is 23.3 Å². The van der Waals surface area contributed by atoms with Gasteiger partial charge in [-0.25, -0.2) is 4.98 Å². The van der Waals surface area contributed by atoms with Crippen LogP contribution in [-0.2, 0) is 6.42 Å². The van der Waals surface area contributed by atoms with Crippen molar-refractivity contribution < 1.29 is 9.59 Å². The number of hydrogen-bond donors (Lipinski definition) is 2. The number of aryl methyl sites for hydroxylation is 1. The van der Waals surface area contributed by atoms with Crippen LogP contribution >= 0.6 is 22.9 Å². The molecule has 0 saturated carbocycles. The summed E-state index contributed by atoms with van der Waals surface area (Å²) in [4.78, 5) is 28.9. The normalized spacial score (nSPS) is 14.0. The number of aromatic nitrogens is 1. The Bertz CT molecular complexity index is 697. The molecule has 108 valence electrons. The summed E-state index contributed by atoms with van der Waals surface area (Å²) in [6.45, 7) is 0.661. The first kappa shape index (κ1) is 14.0. The number of carbonyl (C=O) groups excluding carboxylic acids is 2. The first-order valence-electron chi connectivity index (χ1n) is 6.48. The average Bonchev–Trinajstić information content (AvgIpc) is 2.79. The van der Waals surface area contributed by atoms with Gasteiger partial charge in [-0.15, -0.1) is 0 Å². The fourth-order valence-corrected chi connectivity index (χ4v) is 3.11. The van der Waals surface area contributed by atoms with E-state index in [0.29, 0.717) is 27.1 Å². The molecule has 5 nitrogen and oxygen atoms in total. The molecule has 0 aliphatic carbocycles. The lowest BCUT2D eigenvalue weighted by Crippen LogP contribution is -2.21. The molecule has 0 unspecified atom stereocenters.